The Morgan fingerprint density at radius 2 is 2.29 bits per heavy atom. The number of H-pyrrole nitrogens is 1. The lowest BCUT2D eigenvalue weighted by atomic mass is 10.0. The van der Waals surface area contributed by atoms with Gasteiger partial charge in [-0.1, -0.05) is 5.16 Å². The van der Waals surface area contributed by atoms with Gasteiger partial charge in [-0.25, -0.2) is 9.78 Å². The molecule has 0 unspecified atom stereocenters. The zero-order valence-electron chi connectivity index (χ0n) is 15.4. The maximum atomic E-state index is 12.7. The lowest BCUT2D eigenvalue weighted by Crippen LogP contribution is -2.71. The first-order valence-electron chi connectivity index (χ1n) is 8.53. The van der Waals surface area contributed by atoms with Crippen molar-refractivity contribution in [1.29, 1.82) is 0 Å². The van der Waals surface area contributed by atoms with Gasteiger partial charge in [-0.05, 0) is 0 Å². The molecule has 2 aliphatic rings. The van der Waals surface area contributed by atoms with Crippen LogP contribution in [0.15, 0.2) is 27.3 Å². The first-order chi connectivity index (χ1) is 14.9. The molecule has 0 aliphatic carbocycles. The average molecular weight is 483 g/mol. The van der Waals surface area contributed by atoms with E-state index < -0.39 is 34.9 Å². The van der Waals surface area contributed by atoms with E-state index in [2.05, 4.69) is 30.9 Å². The Kier molecular flexibility index (Phi) is 5.84. The summed E-state index contributed by atoms with van der Waals surface area (Å²) in [7, 11) is 0. The molecule has 4 heterocycles. The maximum Gasteiger partial charge on any atom is 0.353 e. The third kappa shape index (κ3) is 3.96. The number of oxime groups is 1. The predicted octanol–water partition coefficient (Wildman–Crippen LogP) is -0.349. The van der Waals surface area contributed by atoms with Crippen LogP contribution in [0, 0.1) is 0 Å². The number of nitrogen functional groups attached to an aromatic ring is 1. The summed E-state index contributed by atoms with van der Waals surface area (Å²) in [6.45, 7) is 0. The van der Waals surface area contributed by atoms with Gasteiger partial charge in [-0.2, -0.15) is 15.4 Å². The van der Waals surface area contributed by atoms with Gasteiger partial charge in [0.25, 0.3) is 11.8 Å². The standard InChI is InChI=1S/C15H14N8O5S3/c16-15-18-6(3-31-15)8(21-28)11(24)19-9-12(25)23-10(14(26)27)7(4-30-13(9)23)29-2-5-1-17-22-20-5/h1,3,9,13,28H,2,4H2,(H2,16,18)(H,19,24)(H,26,27)(H,17,20,22)/b21-8-/t9-,13-/m1/s1. The minimum absolute atomic E-state index is 0.0695. The fraction of sp³-hybridized carbons (Fsp3) is 0.267. The summed E-state index contributed by atoms with van der Waals surface area (Å²) in [5.41, 5.74) is 5.74. The van der Waals surface area contributed by atoms with E-state index in [4.69, 9.17) is 5.73 Å². The molecule has 1 saturated heterocycles. The van der Waals surface area contributed by atoms with E-state index in [1.54, 1.807) is 0 Å². The fourth-order valence-corrected chi connectivity index (χ4v) is 6.04. The van der Waals surface area contributed by atoms with Gasteiger partial charge >= 0.3 is 5.97 Å². The smallest absolute Gasteiger partial charge is 0.353 e. The minimum Gasteiger partial charge on any atom is -0.477 e. The molecule has 1 fully saturated rings. The van der Waals surface area contributed by atoms with Crippen LogP contribution < -0.4 is 11.1 Å². The number of anilines is 1. The molecule has 31 heavy (non-hydrogen) atoms. The molecule has 4 rings (SSSR count). The van der Waals surface area contributed by atoms with Gasteiger partial charge in [-0.3, -0.25) is 14.5 Å². The second-order valence-corrected chi connectivity index (χ2v) is 9.27. The Labute approximate surface area is 186 Å². The summed E-state index contributed by atoms with van der Waals surface area (Å²) >= 11 is 3.64. The van der Waals surface area contributed by atoms with Crippen LogP contribution >= 0.6 is 34.9 Å². The van der Waals surface area contributed by atoms with Gasteiger partial charge in [0.15, 0.2) is 10.8 Å². The van der Waals surface area contributed by atoms with Crippen molar-refractivity contribution < 1.29 is 24.7 Å². The van der Waals surface area contributed by atoms with Crippen molar-refractivity contribution in [3.63, 3.8) is 0 Å². The summed E-state index contributed by atoms with van der Waals surface area (Å²) < 4.78 is 0. The fourth-order valence-electron chi connectivity index (χ4n) is 2.98. The monoisotopic (exact) mass is 482 g/mol. The number of carboxylic acid groups (broad SMARTS) is 1. The van der Waals surface area contributed by atoms with Crippen molar-refractivity contribution in [3.05, 3.63) is 33.6 Å². The Hall–Kier alpha value is -3.11. The highest BCUT2D eigenvalue weighted by Crippen LogP contribution is 2.43. The second kappa shape index (κ2) is 8.56. The number of rotatable bonds is 7. The molecule has 16 heteroatoms. The molecule has 2 aliphatic heterocycles. The van der Waals surface area contributed by atoms with E-state index in [1.807, 2.05) is 0 Å². The Morgan fingerprint density at radius 3 is 2.90 bits per heavy atom. The Balaban J connectivity index is 1.48. The summed E-state index contributed by atoms with van der Waals surface area (Å²) in [5, 5.41) is 35.5. The van der Waals surface area contributed by atoms with Gasteiger partial charge in [0.1, 0.15) is 22.8 Å². The van der Waals surface area contributed by atoms with Crippen LogP contribution in [0.25, 0.3) is 0 Å². The number of thiazole rings is 1. The maximum absolute atomic E-state index is 12.7. The highest BCUT2D eigenvalue weighted by Gasteiger charge is 2.54. The molecular weight excluding hydrogens is 468 g/mol. The van der Waals surface area contributed by atoms with E-state index in [9.17, 15) is 24.7 Å². The SMILES string of the molecule is Nc1nc(/C(=N/O)C(=O)N[C@@H]2C(=O)N3C(C(=O)O)=C(SCc4cn[nH]n4)CS[C@H]23)cs1. The molecule has 2 aromatic rings. The molecule has 0 saturated carbocycles. The number of β-lactam (4-membered cyclic amide) rings is 1. The lowest BCUT2D eigenvalue weighted by Gasteiger charge is -2.49. The first-order valence-corrected chi connectivity index (χ1v) is 11.4. The molecular formula is C15H14N8O5S3. The third-order valence-electron chi connectivity index (χ3n) is 4.36. The number of hydrogen-bond acceptors (Lipinski definition) is 12. The van der Waals surface area contributed by atoms with Crippen LogP contribution in [0.4, 0.5) is 5.13 Å². The highest BCUT2D eigenvalue weighted by atomic mass is 32.2. The molecule has 2 atom stereocenters. The van der Waals surface area contributed by atoms with E-state index in [0.717, 1.165) is 16.2 Å². The Morgan fingerprint density at radius 1 is 1.48 bits per heavy atom. The van der Waals surface area contributed by atoms with Crippen LogP contribution in [0.3, 0.4) is 0 Å². The molecule has 162 valence electrons. The average Bonchev–Trinajstić information content (AvgIpc) is 3.42. The summed E-state index contributed by atoms with van der Waals surface area (Å²) in [6, 6.07) is -0.971. The van der Waals surface area contributed by atoms with Gasteiger partial charge < -0.3 is 21.4 Å². The zero-order chi connectivity index (χ0) is 22.1. The van der Waals surface area contributed by atoms with Gasteiger partial charge in [0.05, 0.1) is 11.9 Å². The molecule has 13 nitrogen and oxygen atoms in total. The number of fused-ring (bicyclic) bond motifs is 1. The van der Waals surface area contributed by atoms with Gasteiger partial charge in [0, 0.05) is 21.8 Å². The lowest BCUT2D eigenvalue weighted by molar-refractivity contribution is -0.150. The van der Waals surface area contributed by atoms with Gasteiger partial charge in [0.2, 0.25) is 0 Å². The van der Waals surface area contributed by atoms with Crippen molar-refractivity contribution >= 4 is 63.5 Å². The molecule has 0 spiro atoms. The van der Waals surface area contributed by atoms with Crippen molar-refractivity contribution in [2.75, 3.05) is 11.5 Å². The van der Waals surface area contributed by atoms with Crippen LogP contribution in [-0.4, -0.2) is 76.3 Å². The second-order valence-electron chi connectivity index (χ2n) is 6.21. The van der Waals surface area contributed by atoms with E-state index in [-0.39, 0.29) is 16.5 Å². The van der Waals surface area contributed by atoms with E-state index >= 15 is 0 Å². The zero-order valence-corrected chi connectivity index (χ0v) is 17.8. The molecule has 2 amide bonds. The highest BCUT2D eigenvalue weighted by molar-refractivity contribution is 8.05. The molecule has 0 bridgehead atoms. The van der Waals surface area contributed by atoms with E-state index in [0.29, 0.717) is 22.1 Å². The van der Waals surface area contributed by atoms with Gasteiger partial charge in [-0.15, -0.1) is 34.9 Å². The molecule has 0 aromatic carbocycles. The number of aromatic nitrogens is 4. The van der Waals surface area contributed by atoms with Crippen molar-refractivity contribution in [2.24, 2.45) is 5.16 Å². The number of aliphatic carboxylic acids is 1. The number of nitrogens with two attached hydrogens (primary N) is 1. The number of thioether (sulfide) groups is 2. The number of carbonyl (C=O) groups excluding carboxylic acids is 2. The molecule has 6 N–H and O–H groups in total. The third-order valence-corrected chi connectivity index (χ3v) is 7.62. The number of carbonyl (C=O) groups is 3. The number of nitrogens with zero attached hydrogens (tertiary/aromatic N) is 5. The predicted molar refractivity (Wildman–Crippen MR) is 112 cm³/mol. The molecule has 2 aromatic heterocycles. The van der Waals surface area contributed by atoms with Crippen LogP contribution in [0.2, 0.25) is 0 Å². The van der Waals surface area contributed by atoms with Crippen LogP contribution in [-0.2, 0) is 20.1 Å². The summed E-state index contributed by atoms with van der Waals surface area (Å²) in [6.07, 6.45) is 1.53. The first kappa shape index (κ1) is 21.1. The number of hydrogen-bond donors (Lipinski definition) is 5. The number of aromatic amines is 1. The normalized spacial score (nSPS) is 21.0. The van der Waals surface area contributed by atoms with Crippen LogP contribution in [0.5, 0.6) is 0 Å². The Bertz CT molecular complexity index is 1100. The largest absolute Gasteiger partial charge is 0.477 e. The summed E-state index contributed by atoms with van der Waals surface area (Å²) in [4.78, 5) is 42.6. The quantitative estimate of drug-likeness (QED) is 0.149. The molecule has 0 radical (unpaired) electrons. The summed E-state index contributed by atoms with van der Waals surface area (Å²) in [5.74, 6) is -1.89. The van der Waals surface area contributed by atoms with Crippen LogP contribution in [0.1, 0.15) is 11.4 Å². The van der Waals surface area contributed by atoms with Crippen molar-refractivity contribution in [2.45, 2.75) is 17.2 Å². The minimum atomic E-state index is -1.23. The van der Waals surface area contributed by atoms with Crippen molar-refractivity contribution in [1.82, 2.24) is 30.6 Å². The van der Waals surface area contributed by atoms with Crippen molar-refractivity contribution in [3.8, 4) is 0 Å². The number of carboxylic acids is 1. The number of nitrogens with one attached hydrogen (secondary N) is 2. The van der Waals surface area contributed by atoms with E-state index in [1.165, 1.54) is 35.1 Å². The number of amides is 2. The topological polar surface area (TPSA) is 200 Å².